The summed E-state index contributed by atoms with van der Waals surface area (Å²) in [6.45, 7) is 0. The lowest BCUT2D eigenvalue weighted by Crippen LogP contribution is -2.15. The molecule has 0 saturated carbocycles. The van der Waals surface area contributed by atoms with Crippen molar-refractivity contribution in [1.29, 1.82) is 0 Å². The molecule has 0 bridgehead atoms. The summed E-state index contributed by atoms with van der Waals surface area (Å²) in [5, 5.41) is 0. The van der Waals surface area contributed by atoms with Gasteiger partial charge in [-0.1, -0.05) is 17.6 Å². The molecule has 0 amide bonds. The van der Waals surface area contributed by atoms with Gasteiger partial charge in [0.25, 0.3) is 0 Å². The van der Waals surface area contributed by atoms with E-state index in [0.717, 1.165) is 19.2 Å². The van der Waals surface area contributed by atoms with Crippen LogP contribution in [0.1, 0.15) is 15.9 Å². The van der Waals surface area contributed by atoms with Crippen LogP contribution in [0.15, 0.2) is 18.2 Å². The third-order valence-electron chi connectivity index (χ3n) is 1.70. The molecule has 0 saturated heterocycles. The smallest absolute Gasteiger partial charge is 0.416 e. The fourth-order valence-corrected chi connectivity index (χ4v) is 1.05. The third-order valence-corrected chi connectivity index (χ3v) is 1.70. The van der Waals surface area contributed by atoms with E-state index in [2.05, 4.69) is 4.74 Å². The first kappa shape index (κ1) is 11.6. The Morgan fingerprint density at radius 3 is 2.40 bits per heavy atom. The van der Waals surface area contributed by atoms with Gasteiger partial charge in [0.2, 0.25) is 0 Å². The number of benzene rings is 1. The Hall–Kier alpha value is -1.46. The number of esters is 1. The number of carbonyl (C=O) groups is 1. The average molecular weight is 214 g/mol. The first-order valence-corrected chi connectivity index (χ1v) is 3.90. The number of carbonyl (C=O) groups excluding carboxylic acids is 1. The Bertz CT molecular complexity index is 387. The molecule has 0 atom stereocenters. The van der Waals surface area contributed by atoms with Gasteiger partial charge >= 0.3 is 12.1 Å². The molecule has 0 N–H and O–H groups in total. The lowest BCUT2D eigenvalue weighted by molar-refractivity contribution is -0.137. The van der Waals surface area contributed by atoms with Crippen LogP contribution in [0, 0.1) is 0 Å². The zero-order valence-electron chi connectivity index (χ0n) is 7.76. The maximum atomic E-state index is 12.3. The van der Waals surface area contributed by atoms with Crippen LogP contribution in [-0.4, -0.2) is 20.9 Å². The van der Waals surface area contributed by atoms with Crippen molar-refractivity contribution in [2.75, 3.05) is 7.11 Å². The first-order chi connectivity index (χ1) is 6.84. The van der Waals surface area contributed by atoms with Crippen molar-refractivity contribution in [2.24, 2.45) is 0 Å². The second-order valence-corrected chi connectivity index (χ2v) is 2.83. The van der Waals surface area contributed by atoms with Gasteiger partial charge in [-0.2, -0.15) is 13.2 Å². The second-order valence-electron chi connectivity index (χ2n) is 2.83. The molecule has 0 fully saturated rings. The summed E-state index contributed by atoms with van der Waals surface area (Å²) < 4.78 is 41.2. The quantitative estimate of drug-likeness (QED) is 0.519. The average Bonchev–Trinajstić information content (AvgIpc) is 2.14. The Kier molecular flexibility index (Phi) is 3.07. The number of rotatable bonds is 1. The van der Waals surface area contributed by atoms with Crippen molar-refractivity contribution in [3.8, 4) is 0 Å². The molecule has 1 rings (SSSR count). The molecule has 0 aliphatic rings. The highest BCUT2D eigenvalue weighted by molar-refractivity contribution is 6.32. The van der Waals surface area contributed by atoms with Crippen molar-refractivity contribution in [2.45, 2.75) is 6.18 Å². The van der Waals surface area contributed by atoms with Gasteiger partial charge in [-0.25, -0.2) is 4.79 Å². The normalized spacial score (nSPS) is 11.2. The largest absolute Gasteiger partial charge is 0.465 e. The van der Waals surface area contributed by atoms with Crippen LogP contribution in [0.4, 0.5) is 13.2 Å². The molecule has 6 heteroatoms. The minimum atomic E-state index is -4.53. The van der Waals surface area contributed by atoms with Crippen molar-refractivity contribution in [3.05, 3.63) is 29.3 Å². The van der Waals surface area contributed by atoms with E-state index in [9.17, 15) is 18.0 Å². The number of hydrogen-bond donors (Lipinski definition) is 0. The lowest BCUT2D eigenvalue weighted by atomic mass is 9.92. The van der Waals surface area contributed by atoms with Crippen LogP contribution >= 0.6 is 0 Å². The summed E-state index contributed by atoms with van der Waals surface area (Å²) >= 11 is 0. The summed E-state index contributed by atoms with van der Waals surface area (Å²) in [6.07, 6.45) is -4.53. The topological polar surface area (TPSA) is 26.3 Å². The highest BCUT2D eigenvalue weighted by Crippen LogP contribution is 2.29. The zero-order valence-corrected chi connectivity index (χ0v) is 7.76. The van der Waals surface area contributed by atoms with Crippen LogP contribution in [0.5, 0.6) is 0 Å². The fraction of sp³-hybridized carbons (Fsp3) is 0.222. The maximum absolute atomic E-state index is 12.3. The van der Waals surface area contributed by atoms with E-state index in [1.165, 1.54) is 0 Å². The molecule has 78 valence electrons. The van der Waals surface area contributed by atoms with Crippen molar-refractivity contribution in [1.82, 2.24) is 0 Å². The second kappa shape index (κ2) is 3.96. The minimum Gasteiger partial charge on any atom is -0.465 e. The highest BCUT2D eigenvalue weighted by atomic mass is 19.4. The van der Waals surface area contributed by atoms with Gasteiger partial charge in [0, 0.05) is 0 Å². The van der Waals surface area contributed by atoms with Crippen LogP contribution in [0.3, 0.4) is 0 Å². The van der Waals surface area contributed by atoms with Crippen molar-refractivity contribution < 1.29 is 22.7 Å². The Balaban J connectivity index is 3.23. The zero-order chi connectivity index (χ0) is 11.6. The molecule has 1 aromatic carbocycles. The van der Waals surface area contributed by atoms with E-state index in [4.69, 9.17) is 7.85 Å². The number of methoxy groups -OCH3 is 1. The SMILES string of the molecule is [B]c1cc(C(=O)OC)cc(C(F)(F)F)c1. The number of hydrogen-bond acceptors (Lipinski definition) is 2. The number of ether oxygens (including phenoxy) is 1. The molecule has 1 aromatic rings. The van der Waals surface area contributed by atoms with E-state index < -0.39 is 17.7 Å². The van der Waals surface area contributed by atoms with Gasteiger partial charge in [0.05, 0.1) is 18.2 Å². The van der Waals surface area contributed by atoms with E-state index in [1.807, 2.05) is 0 Å². The van der Waals surface area contributed by atoms with Gasteiger partial charge < -0.3 is 4.74 Å². The summed E-state index contributed by atoms with van der Waals surface area (Å²) in [4.78, 5) is 11.0. The standard InChI is InChI=1S/C9H6BF3O2/c1-15-8(14)5-2-6(9(11,12)13)4-7(10)3-5/h2-4H,1H3. The van der Waals surface area contributed by atoms with Crippen LogP contribution in [0.2, 0.25) is 0 Å². The van der Waals surface area contributed by atoms with Crippen LogP contribution < -0.4 is 5.46 Å². The Morgan fingerprint density at radius 2 is 1.93 bits per heavy atom. The number of alkyl halides is 3. The molecular formula is C9H6BF3O2. The predicted molar refractivity (Wildman–Crippen MR) is 48.2 cm³/mol. The molecule has 2 radical (unpaired) electrons. The van der Waals surface area contributed by atoms with Crippen molar-refractivity contribution in [3.63, 3.8) is 0 Å². The summed E-state index contributed by atoms with van der Waals surface area (Å²) in [5.41, 5.74) is -1.32. The molecule has 2 nitrogen and oxygen atoms in total. The molecule has 0 unspecified atom stereocenters. The van der Waals surface area contributed by atoms with E-state index >= 15 is 0 Å². The predicted octanol–water partition coefficient (Wildman–Crippen LogP) is 1.29. The number of halogens is 3. The summed E-state index contributed by atoms with van der Waals surface area (Å²) in [6, 6.07) is 2.58. The molecule has 0 aliphatic carbocycles. The monoisotopic (exact) mass is 214 g/mol. The van der Waals surface area contributed by atoms with Crippen LogP contribution in [-0.2, 0) is 10.9 Å². The summed E-state index contributed by atoms with van der Waals surface area (Å²) in [7, 11) is 6.32. The van der Waals surface area contributed by atoms with Gasteiger partial charge in [0.15, 0.2) is 0 Å². The maximum Gasteiger partial charge on any atom is 0.416 e. The van der Waals surface area contributed by atoms with Crippen LogP contribution in [0.25, 0.3) is 0 Å². The Labute approximate surface area is 85.4 Å². The molecule has 0 heterocycles. The van der Waals surface area contributed by atoms with E-state index in [-0.39, 0.29) is 11.0 Å². The fourth-order valence-electron chi connectivity index (χ4n) is 1.05. The molecule has 0 aromatic heterocycles. The third kappa shape index (κ3) is 2.74. The molecule has 0 aliphatic heterocycles. The van der Waals surface area contributed by atoms with Gasteiger partial charge in [-0.3, -0.25) is 0 Å². The first-order valence-electron chi connectivity index (χ1n) is 3.90. The van der Waals surface area contributed by atoms with Gasteiger partial charge in [0.1, 0.15) is 7.85 Å². The highest BCUT2D eigenvalue weighted by Gasteiger charge is 2.31. The van der Waals surface area contributed by atoms with E-state index in [1.54, 1.807) is 0 Å². The lowest BCUT2D eigenvalue weighted by Gasteiger charge is -2.09. The van der Waals surface area contributed by atoms with Gasteiger partial charge in [-0.05, 0) is 6.07 Å². The summed E-state index contributed by atoms with van der Waals surface area (Å²) in [5.74, 6) is -0.854. The van der Waals surface area contributed by atoms with Crippen molar-refractivity contribution >= 4 is 19.3 Å². The molecular weight excluding hydrogens is 208 g/mol. The van der Waals surface area contributed by atoms with Gasteiger partial charge in [-0.15, -0.1) is 0 Å². The molecule has 0 spiro atoms. The minimum absolute atomic E-state index is 0.134. The molecule has 15 heavy (non-hydrogen) atoms. The Morgan fingerprint density at radius 1 is 1.33 bits per heavy atom. The van der Waals surface area contributed by atoms with E-state index in [0.29, 0.717) is 6.07 Å².